The molecule has 2 aromatic rings. The van der Waals surface area contributed by atoms with Gasteiger partial charge in [-0.25, -0.2) is 0 Å². The average Bonchev–Trinajstić information content (AvgIpc) is 2.66. The van der Waals surface area contributed by atoms with E-state index in [-0.39, 0.29) is 0 Å². The maximum Gasteiger partial charge on any atom is 0.170 e. The SMILES string of the molecule is C/C(=C\Oc1ccccc1Oc1ccccc1O/C=C(\C)CBr)CBr. The molecule has 25 heavy (non-hydrogen) atoms. The van der Waals surface area contributed by atoms with Crippen LogP contribution >= 0.6 is 31.9 Å². The molecule has 0 aliphatic heterocycles. The maximum absolute atomic E-state index is 6.04. The van der Waals surface area contributed by atoms with Crippen molar-refractivity contribution in [3.05, 3.63) is 72.2 Å². The Labute approximate surface area is 165 Å². The van der Waals surface area contributed by atoms with E-state index in [1.165, 1.54) is 0 Å². The highest BCUT2D eigenvalue weighted by molar-refractivity contribution is 9.09. The quantitative estimate of drug-likeness (QED) is 0.314. The van der Waals surface area contributed by atoms with Crippen LogP contribution in [-0.2, 0) is 0 Å². The van der Waals surface area contributed by atoms with Crippen molar-refractivity contribution in [2.24, 2.45) is 0 Å². The molecule has 132 valence electrons. The Bertz CT molecular complexity index is 691. The summed E-state index contributed by atoms with van der Waals surface area (Å²) in [5, 5.41) is 1.51. The second-order valence-electron chi connectivity index (χ2n) is 5.43. The van der Waals surface area contributed by atoms with Gasteiger partial charge in [0.05, 0.1) is 12.5 Å². The monoisotopic (exact) mass is 466 g/mol. The predicted molar refractivity (Wildman–Crippen MR) is 109 cm³/mol. The number of alkyl halides is 2. The molecular formula is C20H20Br2O3. The van der Waals surface area contributed by atoms with Crippen LogP contribution in [0.5, 0.6) is 23.0 Å². The molecule has 0 aliphatic carbocycles. The average molecular weight is 468 g/mol. The highest BCUT2D eigenvalue weighted by atomic mass is 79.9. The molecule has 0 heterocycles. The minimum Gasteiger partial charge on any atom is -0.461 e. The highest BCUT2D eigenvalue weighted by Gasteiger charge is 2.09. The van der Waals surface area contributed by atoms with Crippen molar-refractivity contribution in [1.29, 1.82) is 0 Å². The van der Waals surface area contributed by atoms with Gasteiger partial charge in [-0.2, -0.15) is 0 Å². The van der Waals surface area contributed by atoms with Crippen LogP contribution in [0.15, 0.2) is 72.2 Å². The summed E-state index contributed by atoms with van der Waals surface area (Å²) >= 11 is 6.80. The van der Waals surface area contributed by atoms with Crippen molar-refractivity contribution >= 4 is 31.9 Å². The van der Waals surface area contributed by atoms with Crippen molar-refractivity contribution in [3.8, 4) is 23.0 Å². The topological polar surface area (TPSA) is 27.7 Å². The third-order valence-corrected chi connectivity index (χ3v) is 4.88. The van der Waals surface area contributed by atoms with E-state index in [4.69, 9.17) is 14.2 Å². The normalized spacial score (nSPS) is 12.0. The van der Waals surface area contributed by atoms with Gasteiger partial charge in [0.25, 0.3) is 0 Å². The molecule has 0 aromatic heterocycles. The van der Waals surface area contributed by atoms with Crippen LogP contribution in [0, 0.1) is 0 Å². The molecule has 2 rings (SSSR count). The molecule has 5 heteroatoms. The lowest BCUT2D eigenvalue weighted by molar-refractivity contribution is 0.391. The van der Waals surface area contributed by atoms with Crippen LogP contribution in [0.4, 0.5) is 0 Å². The van der Waals surface area contributed by atoms with E-state index in [9.17, 15) is 0 Å². The molecule has 0 radical (unpaired) electrons. The van der Waals surface area contributed by atoms with Crippen LogP contribution < -0.4 is 14.2 Å². The van der Waals surface area contributed by atoms with Gasteiger partial charge in [0.15, 0.2) is 23.0 Å². The zero-order chi connectivity index (χ0) is 18.1. The number of hydrogen-bond acceptors (Lipinski definition) is 3. The molecule has 0 fully saturated rings. The van der Waals surface area contributed by atoms with Crippen molar-refractivity contribution in [1.82, 2.24) is 0 Å². The summed E-state index contributed by atoms with van der Waals surface area (Å²) < 4.78 is 17.5. The number of ether oxygens (including phenoxy) is 3. The van der Waals surface area contributed by atoms with Gasteiger partial charge in [0.2, 0.25) is 0 Å². The molecule has 0 amide bonds. The first-order valence-electron chi connectivity index (χ1n) is 7.76. The Morgan fingerprint density at radius 1 is 0.720 bits per heavy atom. The second kappa shape index (κ2) is 10.3. The van der Waals surface area contributed by atoms with Gasteiger partial charge >= 0.3 is 0 Å². The van der Waals surface area contributed by atoms with Crippen molar-refractivity contribution in [3.63, 3.8) is 0 Å². The third kappa shape index (κ3) is 6.25. The summed E-state index contributed by atoms with van der Waals surface area (Å²) in [6, 6.07) is 15.1. The van der Waals surface area contributed by atoms with Crippen LogP contribution in [-0.4, -0.2) is 10.7 Å². The standard InChI is InChI=1S/C20H20Br2O3/c1-15(11-21)13-23-17-7-3-5-9-19(17)25-20-10-6-4-8-18(20)24-14-16(2)12-22/h3-10,13-14H,11-12H2,1-2H3/b15-13+,16-14+. The number of benzene rings is 2. The Morgan fingerprint density at radius 2 is 1.08 bits per heavy atom. The predicted octanol–water partition coefficient (Wildman–Crippen LogP) is 6.83. The smallest absolute Gasteiger partial charge is 0.170 e. The molecule has 3 nitrogen and oxygen atoms in total. The van der Waals surface area contributed by atoms with E-state index in [1.807, 2.05) is 62.4 Å². The summed E-state index contributed by atoms with van der Waals surface area (Å²) in [6.07, 6.45) is 3.42. The van der Waals surface area contributed by atoms with Crippen LogP contribution in [0.3, 0.4) is 0 Å². The van der Waals surface area contributed by atoms with Gasteiger partial charge < -0.3 is 14.2 Å². The molecule has 0 N–H and O–H groups in total. The number of hydrogen-bond donors (Lipinski definition) is 0. The number of para-hydroxylation sites is 4. The molecular weight excluding hydrogens is 448 g/mol. The lowest BCUT2D eigenvalue weighted by Gasteiger charge is -2.13. The zero-order valence-electron chi connectivity index (χ0n) is 14.2. The van der Waals surface area contributed by atoms with Gasteiger partial charge in [-0.05, 0) is 49.3 Å². The van der Waals surface area contributed by atoms with Crippen LogP contribution in [0.2, 0.25) is 0 Å². The molecule has 0 unspecified atom stereocenters. The van der Waals surface area contributed by atoms with Gasteiger partial charge in [-0.15, -0.1) is 0 Å². The van der Waals surface area contributed by atoms with E-state index >= 15 is 0 Å². The van der Waals surface area contributed by atoms with Crippen molar-refractivity contribution in [2.45, 2.75) is 13.8 Å². The zero-order valence-corrected chi connectivity index (χ0v) is 17.3. The van der Waals surface area contributed by atoms with E-state index in [0.29, 0.717) is 23.0 Å². The first-order valence-corrected chi connectivity index (χ1v) is 10.0. The van der Waals surface area contributed by atoms with E-state index in [0.717, 1.165) is 21.8 Å². The third-order valence-electron chi connectivity index (χ3n) is 3.11. The van der Waals surface area contributed by atoms with Crippen LogP contribution in [0.25, 0.3) is 0 Å². The summed E-state index contributed by atoms with van der Waals surface area (Å²) in [4.78, 5) is 0. The molecule has 0 aliphatic rings. The summed E-state index contributed by atoms with van der Waals surface area (Å²) in [7, 11) is 0. The number of allylic oxidation sites excluding steroid dienone is 2. The van der Waals surface area contributed by atoms with Crippen molar-refractivity contribution in [2.75, 3.05) is 10.7 Å². The first kappa shape index (κ1) is 19.6. The molecule has 0 bridgehead atoms. The Morgan fingerprint density at radius 3 is 1.44 bits per heavy atom. The molecule has 0 atom stereocenters. The van der Waals surface area contributed by atoms with Gasteiger partial charge in [-0.1, -0.05) is 56.1 Å². The number of halogens is 2. The largest absolute Gasteiger partial charge is 0.461 e. The Kier molecular flexibility index (Phi) is 8.09. The minimum atomic E-state index is 0.623. The van der Waals surface area contributed by atoms with Crippen LogP contribution in [0.1, 0.15) is 13.8 Å². The molecule has 0 saturated carbocycles. The van der Waals surface area contributed by atoms with E-state index < -0.39 is 0 Å². The fourth-order valence-corrected chi connectivity index (χ4v) is 2.04. The minimum absolute atomic E-state index is 0.623. The van der Waals surface area contributed by atoms with E-state index in [1.54, 1.807) is 12.5 Å². The molecule has 2 aromatic carbocycles. The summed E-state index contributed by atoms with van der Waals surface area (Å²) in [5.74, 6) is 2.53. The lowest BCUT2D eigenvalue weighted by atomic mass is 10.3. The summed E-state index contributed by atoms with van der Waals surface area (Å²) in [5.41, 5.74) is 2.16. The van der Waals surface area contributed by atoms with Gasteiger partial charge in [-0.3, -0.25) is 0 Å². The van der Waals surface area contributed by atoms with E-state index in [2.05, 4.69) is 31.9 Å². The number of rotatable bonds is 8. The maximum atomic E-state index is 6.04. The van der Waals surface area contributed by atoms with Gasteiger partial charge in [0.1, 0.15) is 0 Å². The van der Waals surface area contributed by atoms with Gasteiger partial charge in [0, 0.05) is 10.7 Å². The highest BCUT2D eigenvalue weighted by Crippen LogP contribution is 2.36. The molecule has 0 spiro atoms. The first-order chi connectivity index (χ1) is 12.1. The Balaban J connectivity index is 2.23. The molecule has 0 saturated heterocycles. The fourth-order valence-electron chi connectivity index (χ4n) is 1.77. The Hall–Kier alpha value is -1.72. The fraction of sp³-hybridized carbons (Fsp3) is 0.200. The lowest BCUT2D eigenvalue weighted by Crippen LogP contribution is -1.94. The van der Waals surface area contributed by atoms with Crippen molar-refractivity contribution < 1.29 is 14.2 Å². The second-order valence-corrected chi connectivity index (χ2v) is 6.55. The summed E-state index contributed by atoms with van der Waals surface area (Å²) in [6.45, 7) is 3.97.